The summed E-state index contributed by atoms with van der Waals surface area (Å²) in [5.41, 5.74) is 4.77. The molecule has 1 aromatic heterocycles. The lowest BCUT2D eigenvalue weighted by atomic mass is 9.89. The highest BCUT2D eigenvalue weighted by atomic mass is 16.5. The minimum atomic E-state index is -0.221. The molecule has 1 atom stereocenters. The van der Waals surface area contributed by atoms with Crippen LogP contribution in [0.15, 0.2) is 73.2 Å². The highest BCUT2D eigenvalue weighted by Crippen LogP contribution is 2.36. The van der Waals surface area contributed by atoms with Gasteiger partial charge in [0.25, 0.3) is 0 Å². The molecule has 5 rings (SSSR count). The van der Waals surface area contributed by atoms with Gasteiger partial charge < -0.3 is 9.30 Å². The van der Waals surface area contributed by atoms with Crippen LogP contribution in [0, 0.1) is 17.2 Å². The summed E-state index contributed by atoms with van der Waals surface area (Å²) in [6.07, 6.45) is 9.91. The van der Waals surface area contributed by atoms with Crippen LogP contribution in [0.5, 0.6) is 0 Å². The molecular formula is C29H29N3O. The molecule has 0 saturated heterocycles. The molecule has 0 amide bonds. The van der Waals surface area contributed by atoms with E-state index in [0.29, 0.717) is 11.5 Å². The second-order valence-corrected chi connectivity index (χ2v) is 9.09. The van der Waals surface area contributed by atoms with Gasteiger partial charge in [0.2, 0.25) is 0 Å². The van der Waals surface area contributed by atoms with Gasteiger partial charge in [-0.3, -0.25) is 0 Å². The molecule has 33 heavy (non-hydrogen) atoms. The predicted octanol–water partition coefficient (Wildman–Crippen LogP) is 6.80. The molecule has 3 aromatic carbocycles. The Hall–Kier alpha value is -3.42. The van der Waals surface area contributed by atoms with Crippen LogP contribution < -0.4 is 0 Å². The van der Waals surface area contributed by atoms with Gasteiger partial charge in [0.1, 0.15) is 6.10 Å². The molecule has 166 valence electrons. The fourth-order valence-corrected chi connectivity index (χ4v) is 5.06. The second kappa shape index (κ2) is 9.60. The van der Waals surface area contributed by atoms with Gasteiger partial charge in [0, 0.05) is 12.6 Å². The van der Waals surface area contributed by atoms with Crippen LogP contribution in [-0.2, 0) is 11.8 Å². The molecule has 0 spiro atoms. The number of ether oxygens (including phenoxy) is 1. The molecule has 0 N–H and O–H groups in total. The fourth-order valence-electron chi connectivity index (χ4n) is 5.06. The first-order valence-electron chi connectivity index (χ1n) is 11.8. The third-order valence-corrected chi connectivity index (χ3v) is 6.89. The maximum absolute atomic E-state index is 9.89. The Morgan fingerprint density at radius 2 is 1.85 bits per heavy atom. The number of benzene rings is 3. The Kier molecular flexibility index (Phi) is 6.24. The molecule has 0 bridgehead atoms. The zero-order valence-corrected chi connectivity index (χ0v) is 19.1. The van der Waals surface area contributed by atoms with E-state index in [9.17, 15) is 5.26 Å². The van der Waals surface area contributed by atoms with Crippen molar-refractivity contribution in [2.24, 2.45) is 13.0 Å². The van der Waals surface area contributed by atoms with Gasteiger partial charge in [-0.2, -0.15) is 5.26 Å². The third-order valence-electron chi connectivity index (χ3n) is 6.89. The van der Waals surface area contributed by atoms with E-state index < -0.39 is 0 Å². The number of hydrogen-bond acceptors (Lipinski definition) is 3. The molecule has 1 aliphatic rings. The quantitative estimate of drug-likeness (QED) is 0.335. The van der Waals surface area contributed by atoms with E-state index in [-0.39, 0.29) is 6.10 Å². The maximum atomic E-state index is 9.89. The van der Waals surface area contributed by atoms with Gasteiger partial charge >= 0.3 is 0 Å². The van der Waals surface area contributed by atoms with Gasteiger partial charge in [-0.05, 0) is 52.8 Å². The van der Waals surface area contributed by atoms with E-state index in [2.05, 4.69) is 47.5 Å². The largest absolute Gasteiger partial charge is 0.367 e. The summed E-state index contributed by atoms with van der Waals surface area (Å²) in [6.45, 7) is 0.749. The second-order valence-electron chi connectivity index (χ2n) is 9.09. The Balaban J connectivity index is 1.57. The Labute approximate surface area is 195 Å². The molecule has 1 saturated carbocycles. The van der Waals surface area contributed by atoms with Gasteiger partial charge in [-0.1, -0.05) is 67.8 Å². The zero-order valence-electron chi connectivity index (χ0n) is 19.1. The van der Waals surface area contributed by atoms with Crippen LogP contribution in [-0.4, -0.2) is 16.2 Å². The van der Waals surface area contributed by atoms with Crippen LogP contribution in [0.3, 0.4) is 0 Å². The lowest BCUT2D eigenvalue weighted by molar-refractivity contribution is 0.0383. The summed E-state index contributed by atoms with van der Waals surface area (Å²) in [7, 11) is 2.01. The molecule has 4 aromatic rings. The van der Waals surface area contributed by atoms with Crippen molar-refractivity contribution in [1.82, 2.24) is 9.55 Å². The number of nitriles is 1. The van der Waals surface area contributed by atoms with E-state index in [1.54, 1.807) is 0 Å². The minimum absolute atomic E-state index is 0.221. The average molecular weight is 436 g/mol. The lowest BCUT2D eigenvalue weighted by Crippen LogP contribution is -2.18. The smallest absolute Gasteiger partial charge is 0.124 e. The number of rotatable bonds is 6. The van der Waals surface area contributed by atoms with Crippen LogP contribution >= 0.6 is 0 Å². The lowest BCUT2D eigenvalue weighted by Gasteiger charge is -2.26. The summed E-state index contributed by atoms with van der Waals surface area (Å²) in [5.74, 6) is 0.616. The average Bonchev–Trinajstić information content (AvgIpc) is 3.30. The fraction of sp³-hybridized carbons (Fsp3) is 0.310. The van der Waals surface area contributed by atoms with E-state index >= 15 is 0 Å². The van der Waals surface area contributed by atoms with Gasteiger partial charge in [0.05, 0.1) is 36.5 Å². The summed E-state index contributed by atoms with van der Waals surface area (Å²) in [5, 5.41) is 12.2. The number of imidazole rings is 1. The maximum Gasteiger partial charge on any atom is 0.124 e. The number of aryl methyl sites for hydroxylation is 1. The van der Waals surface area contributed by atoms with E-state index in [0.717, 1.165) is 34.4 Å². The Bertz CT molecular complexity index is 1290. The van der Waals surface area contributed by atoms with Crippen molar-refractivity contribution < 1.29 is 4.74 Å². The number of aromatic nitrogens is 2. The van der Waals surface area contributed by atoms with Crippen LogP contribution in [0.25, 0.3) is 21.9 Å². The van der Waals surface area contributed by atoms with Gasteiger partial charge in [-0.15, -0.1) is 0 Å². The minimum Gasteiger partial charge on any atom is -0.367 e. The first kappa shape index (κ1) is 21.4. The summed E-state index contributed by atoms with van der Waals surface area (Å²) >= 11 is 0. The van der Waals surface area contributed by atoms with Crippen LogP contribution in [0.4, 0.5) is 0 Å². The SMILES string of the molecule is Cn1cncc1C(OCC1CCCCC1)c1ccc(C#N)c(-c2cccc3ccccc23)c1. The predicted molar refractivity (Wildman–Crippen MR) is 132 cm³/mol. The summed E-state index contributed by atoms with van der Waals surface area (Å²) in [6, 6.07) is 23.1. The number of fused-ring (bicyclic) bond motifs is 1. The van der Waals surface area contributed by atoms with Crippen molar-refractivity contribution in [3.63, 3.8) is 0 Å². The Morgan fingerprint density at radius 3 is 2.64 bits per heavy atom. The van der Waals surface area contributed by atoms with Crippen molar-refractivity contribution in [3.8, 4) is 17.2 Å². The van der Waals surface area contributed by atoms with Crippen LogP contribution in [0.1, 0.15) is 55.0 Å². The van der Waals surface area contributed by atoms with E-state index in [4.69, 9.17) is 4.74 Å². The van der Waals surface area contributed by atoms with E-state index in [1.807, 2.05) is 48.4 Å². The van der Waals surface area contributed by atoms with Crippen molar-refractivity contribution >= 4 is 10.8 Å². The molecule has 1 aliphatic carbocycles. The van der Waals surface area contributed by atoms with E-state index in [1.165, 1.54) is 37.5 Å². The number of nitrogens with zero attached hydrogens (tertiary/aromatic N) is 3. The molecule has 0 aliphatic heterocycles. The first-order valence-corrected chi connectivity index (χ1v) is 11.8. The van der Waals surface area contributed by atoms with Gasteiger partial charge in [-0.25, -0.2) is 4.98 Å². The summed E-state index contributed by atoms with van der Waals surface area (Å²) < 4.78 is 8.63. The molecule has 4 nitrogen and oxygen atoms in total. The highest BCUT2D eigenvalue weighted by molar-refractivity contribution is 5.97. The molecule has 0 radical (unpaired) electrons. The third kappa shape index (κ3) is 4.42. The van der Waals surface area contributed by atoms with Crippen molar-refractivity contribution in [1.29, 1.82) is 5.26 Å². The first-order chi connectivity index (χ1) is 16.2. The van der Waals surface area contributed by atoms with Crippen molar-refractivity contribution in [3.05, 3.63) is 90.0 Å². The van der Waals surface area contributed by atoms with Crippen LogP contribution in [0.2, 0.25) is 0 Å². The Morgan fingerprint density at radius 1 is 1.03 bits per heavy atom. The van der Waals surface area contributed by atoms with Crippen molar-refractivity contribution in [2.45, 2.75) is 38.2 Å². The zero-order chi connectivity index (χ0) is 22.6. The normalized spacial score (nSPS) is 15.4. The van der Waals surface area contributed by atoms with Crippen molar-refractivity contribution in [2.75, 3.05) is 6.61 Å². The molecule has 1 unspecified atom stereocenters. The monoisotopic (exact) mass is 435 g/mol. The molecule has 1 fully saturated rings. The van der Waals surface area contributed by atoms with Gasteiger partial charge in [0.15, 0.2) is 0 Å². The molecule has 1 heterocycles. The highest BCUT2D eigenvalue weighted by Gasteiger charge is 2.23. The number of hydrogen-bond donors (Lipinski definition) is 0. The topological polar surface area (TPSA) is 50.8 Å². The molecule has 4 heteroatoms. The molecular weight excluding hydrogens is 406 g/mol. The summed E-state index contributed by atoms with van der Waals surface area (Å²) in [4.78, 5) is 4.35. The standard InChI is InChI=1S/C29H29N3O/c1-32-20-31-18-28(32)29(33-19-21-8-3-2-4-9-21)23-14-15-24(17-30)27(16-23)26-13-7-11-22-10-5-6-12-25(22)26/h5-7,10-16,18,20-21,29H,2-4,8-9,19H2,1H3.